The first kappa shape index (κ1) is 12.9. The molecule has 0 saturated carbocycles. The molecule has 0 atom stereocenters. The quantitative estimate of drug-likeness (QED) is 0.902. The molecule has 1 aromatic heterocycles. The van der Waals surface area contributed by atoms with Crippen LogP contribution in [0.25, 0.3) is 0 Å². The molecule has 1 aromatic carbocycles. The summed E-state index contributed by atoms with van der Waals surface area (Å²) >= 11 is 12.0. The molecule has 0 radical (unpaired) electrons. The molecular formula is C12H12Cl2N4. The molecule has 0 fully saturated rings. The van der Waals surface area contributed by atoms with Crippen LogP contribution in [0.5, 0.6) is 0 Å². The van der Waals surface area contributed by atoms with Gasteiger partial charge in [-0.25, -0.2) is 9.97 Å². The van der Waals surface area contributed by atoms with Crippen LogP contribution in [0, 0.1) is 0 Å². The second kappa shape index (κ2) is 5.42. The molecule has 0 bridgehead atoms. The van der Waals surface area contributed by atoms with E-state index in [4.69, 9.17) is 28.9 Å². The second-order valence-electron chi connectivity index (χ2n) is 3.69. The molecule has 94 valence electrons. The molecule has 0 aliphatic carbocycles. The van der Waals surface area contributed by atoms with E-state index < -0.39 is 0 Å². The van der Waals surface area contributed by atoms with E-state index in [1.807, 2.05) is 6.92 Å². The summed E-state index contributed by atoms with van der Waals surface area (Å²) in [6.07, 6.45) is 2.14. The van der Waals surface area contributed by atoms with Crippen molar-refractivity contribution in [3.05, 3.63) is 40.1 Å². The summed E-state index contributed by atoms with van der Waals surface area (Å²) in [4.78, 5) is 8.13. The zero-order chi connectivity index (χ0) is 13.1. The van der Waals surface area contributed by atoms with Crippen LogP contribution in [0.4, 0.5) is 17.3 Å². The molecule has 0 saturated heterocycles. The van der Waals surface area contributed by atoms with Gasteiger partial charge in [-0.05, 0) is 24.6 Å². The third kappa shape index (κ3) is 2.66. The first-order valence-corrected chi connectivity index (χ1v) is 6.18. The molecule has 0 spiro atoms. The third-order valence-corrected chi connectivity index (χ3v) is 3.08. The van der Waals surface area contributed by atoms with E-state index in [9.17, 15) is 0 Å². The van der Waals surface area contributed by atoms with E-state index in [-0.39, 0.29) is 0 Å². The number of nitrogen functional groups attached to an aromatic ring is 1. The third-order valence-electron chi connectivity index (χ3n) is 2.51. The lowest BCUT2D eigenvalue weighted by atomic mass is 10.2. The average molecular weight is 283 g/mol. The van der Waals surface area contributed by atoms with Crippen molar-refractivity contribution in [2.75, 3.05) is 11.1 Å². The van der Waals surface area contributed by atoms with E-state index in [0.717, 1.165) is 12.0 Å². The van der Waals surface area contributed by atoms with Crippen molar-refractivity contribution in [1.82, 2.24) is 9.97 Å². The lowest BCUT2D eigenvalue weighted by molar-refractivity contribution is 1.06. The van der Waals surface area contributed by atoms with Gasteiger partial charge in [0.2, 0.25) is 0 Å². The predicted molar refractivity (Wildman–Crippen MR) is 75.6 cm³/mol. The van der Waals surface area contributed by atoms with Gasteiger partial charge in [-0.2, -0.15) is 0 Å². The van der Waals surface area contributed by atoms with Crippen LogP contribution in [0.2, 0.25) is 10.0 Å². The van der Waals surface area contributed by atoms with Crippen molar-refractivity contribution in [3.8, 4) is 0 Å². The van der Waals surface area contributed by atoms with Crippen molar-refractivity contribution in [2.24, 2.45) is 0 Å². The number of halogens is 2. The summed E-state index contributed by atoms with van der Waals surface area (Å²) in [6.45, 7) is 1.99. The van der Waals surface area contributed by atoms with Gasteiger partial charge >= 0.3 is 0 Å². The Morgan fingerprint density at radius 2 is 2.06 bits per heavy atom. The maximum absolute atomic E-state index is 6.09. The fourth-order valence-electron chi connectivity index (χ4n) is 1.60. The normalized spacial score (nSPS) is 10.4. The topological polar surface area (TPSA) is 63.8 Å². The molecular weight excluding hydrogens is 271 g/mol. The number of nitrogens with one attached hydrogen (secondary N) is 1. The van der Waals surface area contributed by atoms with Crippen LogP contribution in [0.1, 0.15) is 12.5 Å². The van der Waals surface area contributed by atoms with Gasteiger partial charge in [-0.3, -0.25) is 0 Å². The van der Waals surface area contributed by atoms with Gasteiger partial charge in [0.25, 0.3) is 0 Å². The fraction of sp³-hybridized carbons (Fsp3) is 0.167. The van der Waals surface area contributed by atoms with Gasteiger partial charge in [-0.1, -0.05) is 30.1 Å². The second-order valence-corrected chi connectivity index (χ2v) is 4.53. The average Bonchev–Trinajstić information content (AvgIpc) is 2.34. The molecule has 6 heteroatoms. The van der Waals surface area contributed by atoms with Gasteiger partial charge in [-0.15, -0.1) is 0 Å². The Morgan fingerprint density at radius 1 is 1.28 bits per heavy atom. The largest absolute Gasteiger partial charge is 0.383 e. The van der Waals surface area contributed by atoms with E-state index in [1.165, 1.54) is 6.33 Å². The maximum atomic E-state index is 6.09. The van der Waals surface area contributed by atoms with Crippen molar-refractivity contribution in [3.63, 3.8) is 0 Å². The fourth-order valence-corrected chi connectivity index (χ4v) is 1.94. The van der Waals surface area contributed by atoms with Gasteiger partial charge in [0, 0.05) is 10.6 Å². The van der Waals surface area contributed by atoms with E-state index >= 15 is 0 Å². The highest BCUT2D eigenvalue weighted by Crippen LogP contribution is 2.29. The highest BCUT2D eigenvalue weighted by molar-refractivity contribution is 6.35. The molecule has 4 nitrogen and oxygen atoms in total. The lowest BCUT2D eigenvalue weighted by Crippen LogP contribution is -2.04. The summed E-state index contributed by atoms with van der Waals surface area (Å²) in [5, 5.41) is 4.29. The Labute approximate surface area is 115 Å². The predicted octanol–water partition coefficient (Wildman–Crippen LogP) is 3.67. The SMILES string of the molecule is CCc1c(N)ncnc1Nc1cc(Cl)ccc1Cl. The Bertz CT molecular complexity index is 572. The first-order chi connectivity index (χ1) is 8.61. The van der Waals surface area contributed by atoms with Crippen LogP contribution in [-0.4, -0.2) is 9.97 Å². The molecule has 3 N–H and O–H groups in total. The minimum absolute atomic E-state index is 0.466. The Kier molecular flexibility index (Phi) is 3.89. The van der Waals surface area contributed by atoms with Crippen LogP contribution >= 0.6 is 23.2 Å². The zero-order valence-electron chi connectivity index (χ0n) is 9.74. The van der Waals surface area contributed by atoms with Crippen LogP contribution in [-0.2, 0) is 6.42 Å². The highest BCUT2D eigenvalue weighted by atomic mass is 35.5. The highest BCUT2D eigenvalue weighted by Gasteiger charge is 2.09. The lowest BCUT2D eigenvalue weighted by Gasteiger charge is -2.12. The molecule has 2 rings (SSSR count). The summed E-state index contributed by atoms with van der Waals surface area (Å²) in [5.74, 6) is 1.11. The van der Waals surface area contributed by atoms with Crippen molar-refractivity contribution < 1.29 is 0 Å². The van der Waals surface area contributed by atoms with Gasteiger partial charge in [0.05, 0.1) is 10.7 Å². The van der Waals surface area contributed by atoms with Crippen molar-refractivity contribution in [2.45, 2.75) is 13.3 Å². The number of hydrogen-bond donors (Lipinski definition) is 2. The summed E-state index contributed by atoms with van der Waals surface area (Å²) in [6, 6.07) is 5.19. The number of nitrogens with zero attached hydrogens (tertiary/aromatic N) is 2. The molecule has 1 heterocycles. The van der Waals surface area contributed by atoms with E-state index in [2.05, 4.69) is 15.3 Å². The Hall–Kier alpha value is -1.52. The summed E-state index contributed by atoms with van der Waals surface area (Å²) in [5.41, 5.74) is 7.35. The minimum Gasteiger partial charge on any atom is -0.383 e. The number of anilines is 3. The molecule has 2 aromatic rings. The monoisotopic (exact) mass is 282 g/mol. The van der Waals surface area contributed by atoms with E-state index in [0.29, 0.717) is 27.4 Å². The minimum atomic E-state index is 0.466. The van der Waals surface area contributed by atoms with Crippen LogP contribution in [0.3, 0.4) is 0 Å². The summed E-state index contributed by atoms with van der Waals surface area (Å²) in [7, 11) is 0. The maximum Gasteiger partial charge on any atom is 0.139 e. The smallest absolute Gasteiger partial charge is 0.139 e. The van der Waals surface area contributed by atoms with Gasteiger partial charge < -0.3 is 11.1 Å². The van der Waals surface area contributed by atoms with Crippen LogP contribution < -0.4 is 11.1 Å². The zero-order valence-corrected chi connectivity index (χ0v) is 11.3. The molecule has 0 unspecified atom stereocenters. The number of nitrogens with two attached hydrogens (primary N) is 1. The van der Waals surface area contributed by atoms with Gasteiger partial charge in [0.15, 0.2) is 0 Å². The standard InChI is InChI=1S/C12H12Cl2N4/c1-2-8-11(15)16-6-17-12(8)18-10-5-7(13)3-4-9(10)14/h3-6H,2H2,1H3,(H3,15,16,17,18). The first-order valence-electron chi connectivity index (χ1n) is 5.43. The Morgan fingerprint density at radius 3 is 2.78 bits per heavy atom. The van der Waals surface area contributed by atoms with Crippen LogP contribution in [0.15, 0.2) is 24.5 Å². The number of rotatable bonds is 3. The number of aromatic nitrogens is 2. The molecule has 0 aliphatic rings. The summed E-state index contributed by atoms with van der Waals surface area (Å²) < 4.78 is 0. The van der Waals surface area contributed by atoms with Gasteiger partial charge in [0.1, 0.15) is 18.0 Å². The molecule has 0 amide bonds. The number of benzene rings is 1. The van der Waals surface area contributed by atoms with E-state index in [1.54, 1.807) is 18.2 Å². The van der Waals surface area contributed by atoms with Crippen molar-refractivity contribution in [1.29, 1.82) is 0 Å². The Balaban J connectivity index is 2.40. The molecule has 0 aliphatic heterocycles. The van der Waals surface area contributed by atoms with Crippen molar-refractivity contribution >= 4 is 40.5 Å². The number of hydrogen-bond acceptors (Lipinski definition) is 4. The molecule has 18 heavy (non-hydrogen) atoms.